The smallest absolute Gasteiger partial charge is 0.126 e. The number of aryl methyl sites for hydroxylation is 2. The highest BCUT2D eigenvalue weighted by molar-refractivity contribution is 7.31. The molecule has 0 aliphatic rings. The van der Waals surface area contributed by atoms with E-state index in [1.165, 1.54) is 45.5 Å². The third-order valence-corrected chi connectivity index (χ3v) is 8.45. The van der Waals surface area contributed by atoms with E-state index in [0.717, 1.165) is 18.4 Å². The predicted molar refractivity (Wildman–Crippen MR) is 101 cm³/mol. The third-order valence-electron chi connectivity index (χ3n) is 3.58. The van der Waals surface area contributed by atoms with Crippen LogP contribution in [0.5, 0.6) is 0 Å². The second-order valence-corrected chi connectivity index (χ2v) is 9.06. The lowest BCUT2D eigenvalue weighted by Crippen LogP contribution is -1.68. The van der Waals surface area contributed by atoms with Crippen LogP contribution < -0.4 is 0 Å². The molecule has 0 spiro atoms. The zero-order valence-corrected chi connectivity index (χ0v) is 15.5. The summed E-state index contributed by atoms with van der Waals surface area (Å²) in [4.78, 5) is 8.12. The summed E-state index contributed by atoms with van der Waals surface area (Å²) in [5.74, 6) is 0. The largest absolute Gasteiger partial charge is 0.139 e. The summed E-state index contributed by atoms with van der Waals surface area (Å²) >= 11 is 7.14. The molecule has 6 heteroatoms. The Hall–Kier alpha value is -1.08. The number of hydrogen-bond donors (Lipinski definition) is 0. The molecular formula is C16H14N2S4. The zero-order chi connectivity index (χ0) is 15.1. The van der Waals surface area contributed by atoms with Crippen LogP contribution in [-0.4, -0.2) is 9.59 Å². The maximum absolute atomic E-state index is 4.39. The molecule has 2 nitrogen and oxygen atoms in total. The van der Waals surface area contributed by atoms with E-state index in [-0.39, 0.29) is 0 Å². The van der Waals surface area contributed by atoms with Crippen LogP contribution in [0.1, 0.15) is 23.6 Å². The second kappa shape index (κ2) is 5.85. The summed E-state index contributed by atoms with van der Waals surface area (Å²) in [6, 6.07) is 8.93. The van der Waals surface area contributed by atoms with Gasteiger partial charge in [-0.3, -0.25) is 0 Å². The fraction of sp³-hybridized carbons (Fsp3) is 0.250. The SMILES string of the molecule is CCc1ccc(-c2sc(-c3ccc(CC)s3)c3snnc23)s1. The molecule has 112 valence electrons. The zero-order valence-electron chi connectivity index (χ0n) is 12.3. The van der Waals surface area contributed by atoms with Crippen LogP contribution in [0, 0.1) is 0 Å². The van der Waals surface area contributed by atoms with E-state index in [0.29, 0.717) is 0 Å². The molecule has 0 saturated carbocycles. The fourth-order valence-corrected chi connectivity index (χ4v) is 6.64. The van der Waals surface area contributed by atoms with Crippen molar-refractivity contribution in [1.29, 1.82) is 0 Å². The fourth-order valence-electron chi connectivity index (χ4n) is 2.39. The van der Waals surface area contributed by atoms with Crippen LogP contribution in [0.15, 0.2) is 24.3 Å². The highest BCUT2D eigenvalue weighted by Gasteiger charge is 2.19. The minimum absolute atomic E-state index is 1.07. The van der Waals surface area contributed by atoms with Gasteiger partial charge in [-0.2, -0.15) is 0 Å². The van der Waals surface area contributed by atoms with Gasteiger partial charge in [0.15, 0.2) is 0 Å². The standard InChI is InChI=1S/C16H14N2S4/c1-3-9-5-7-11(19-9)14-13-16(22-18-17-13)15(21-14)12-8-6-10(4-2)20-12/h5-8H,3-4H2,1-2H3. The molecule has 4 aromatic rings. The van der Waals surface area contributed by atoms with Crippen LogP contribution in [-0.2, 0) is 12.8 Å². The minimum atomic E-state index is 1.07. The predicted octanol–water partition coefficient (Wildman–Crippen LogP) is 6.33. The van der Waals surface area contributed by atoms with Gasteiger partial charge in [0.2, 0.25) is 0 Å². The van der Waals surface area contributed by atoms with Crippen molar-refractivity contribution < 1.29 is 0 Å². The molecule has 0 bridgehead atoms. The van der Waals surface area contributed by atoms with Crippen LogP contribution in [0.4, 0.5) is 0 Å². The first-order valence-corrected chi connectivity index (χ1v) is 10.5. The van der Waals surface area contributed by atoms with Crippen LogP contribution in [0.2, 0.25) is 0 Å². The lowest BCUT2D eigenvalue weighted by molar-refractivity contribution is 1.19. The maximum Gasteiger partial charge on any atom is 0.126 e. The molecule has 4 heterocycles. The molecule has 0 fully saturated rings. The molecule has 0 atom stereocenters. The van der Waals surface area contributed by atoms with Crippen LogP contribution in [0.3, 0.4) is 0 Å². The molecule has 4 rings (SSSR count). The lowest BCUT2D eigenvalue weighted by Gasteiger charge is -1.92. The molecule has 4 aromatic heterocycles. The number of rotatable bonds is 4. The lowest BCUT2D eigenvalue weighted by atomic mass is 10.3. The molecule has 0 radical (unpaired) electrons. The number of nitrogens with zero attached hydrogens (tertiary/aromatic N) is 2. The minimum Gasteiger partial charge on any atom is -0.139 e. The van der Waals surface area contributed by atoms with Gasteiger partial charge in [-0.25, -0.2) is 0 Å². The Morgan fingerprint density at radius 3 is 2.05 bits per heavy atom. The van der Waals surface area contributed by atoms with Gasteiger partial charge in [0.1, 0.15) is 5.52 Å². The van der Waals surface area contributed by atoms with Gasteiger partial charge in [-0.15, -0.1) is 39.1 Å². The average molecular weight is 363 g/mol. The van der Waals surface area contributed by atoms with E-state index in [4.69, 9.17) is 0 Å². The molecule has 0 amide bonds. The van der Waals surface area contributed by atoms with Crippen molar-refractivity contribution in [3.8, 4) is 19.5 Å². The van der Waals surface area contributed by atoms with Crippen molar-refractivity contribution >= 4 is 55.8 Å². The van der Waals surface area contributed by atoms with Gasteiger partial charge in [-0.1, -0.05) is 18.3 Å². The van der Waals surface area contributed by atoms with E-state index in [2.05, 4.69) is 47.7 Å². The molecule has 0 unspecified atom stereocenters. The highest BCUT2D eigenvalue weighted by atomic mass is 32.1. The van der Waals surface area contributed by atoms with E-state index >= 15 is 0 Å². The summed E-state index contributed by atoms with van der Waals surface area (Å²) in [5, 5.41) is 4.39. The van der Waals surface area contributed by atoms with Gasteiger partial charge >= 0.3 is 0 Å². The topological polar surface area (TPSA) is 25.8 Å². The molecule has 0 N–H and O–H groups in total. The maximum atomic E-state index is 4.39. The number of aromatic nitrogens is 2. The Labute approximate surface area is 145 Å². The summed E-state index contributed by atoms with van der Waals surface area (Å²) in [5.41, 5.74) is 1.07. The number of fused-ring (bicyclic) bond motifs is 1. The quantitative estimate of drug-likeness (QED) is 0.423. The number of hydrogen-bond acceptors (Lipinski definition) is 6. The monoisotopic (exact) mass is 362 g/mol. The van der Waals surface area contributed by atoms with Crippen LogP contribution >= 0.6 is 45.5 Å². The van der Waals surface area contributed by atoms with Gasteiger partial charge in [-0.05, 0) is 48.6 Å². The van der Waals surface area contributed by atoms with Gasteiger partial charge in [0.25, 0.3) is 0 Å². The molecule has 0 saturated heterocycles. The van der Waals surface area contributed by atoms with Crippen molar-refractivity contribution in [2.45, 2.75) is 26.7 Å². The second-order valence-electron chi connectivity index (χ2n) is 4.95. The van der Waals surface area contributed by atoms with Crippen molar-refractivity contribution in [1.82, 2.24) is 9.59 Å². The first-order valence-electron chi connectivity index (χ1n) is 7.23. The normalized spacial score (nSPS) is 11.5. The Bertz CT molecular complexity index is 853. The first kappa shape index (κ1) is 14.5. The summed E-state index contributed by atoms with van der Waals surface area (Å²) in [6.07, 6.45) is 2.18. The van der Waals surface area contributed by atoms with Crippen molar-refractivity contribution in [2.24, 2.45) is 0 Å². The van der Waals surface area contributed by atoms with E-state index in [1.54, 1.807) is 0 Å². The highest BCUT2D eigenvalue weighted by Crippen LogP contribution is 2.47. The summed E-state index contributed by atoms with van der Waals surface area (Å²) in [7, 11) is 0. The van der Waals surface area contributed by atoms with E-state index < -0.39 is 0 Å². The van der Waals surface area contributed by atoms with Gasteiger partial charge in [0.05, 0.1) is 14.5 Å². The number of thiophene rings is 3. The first-order chi connectivity index (χ1) is 10.8. The van der Waals surface area contributed by atoms with E-state index in [1.807, 2.05) is 34.0 Å². The molecular weight excluding hydrogens is 348 g/mol. The summed E-state index contributed by atoms with van der Waals surface area (Å²) < 4.78 is 5.43. The molecule has 22 heavy (non-hydrogen) atoms. The Balaban J connectivity index is 1.88. The van der Waals surface area contributed by atoms with Crippen molar-refractivity contribution in [2.75, 3.05) is 0 Å². The third kappa shape index (κ3) is 2.34. The molecule has 0 aromatic carbocycles. The molecule has 0 aliphatic heterocycles. The average Bonchev–Trinajstić information content (AvgIpc) is 3.29. The van der Waals surface area contributed by atoms with Gasteiger partial charge < -0.3 is 0 Å². The summed E-state index contributed by atoms with van der Waals surface area (Å²) in [6.45, 7) is 4.41. The van der Waals surface area contributed by atoms with Gasteiger partial charge in [0, 0.05) is 19.5 Å². The Morgan fingerprint density at radius 1 is 0.818 bits per heavy atom. The Morgan fingerprint density at radius 2 is 1.45 bits per heavy atom. The molecule has 0 aliphatic carbocycles. The van der Waals surface area contributed by atoms with E-state index in [9.17, 15) is 0 Å². The Kier molecular flexibility index (Phi) is 3.86. The van der Waals surface area contributed by atoms with Crippen molar-refractivity contribution in [3.63, 3.8) is 0 Å². The van der Waals surface area contributed by atoms with Crippen LogP contribution in [0.25, 0.3) is 29.7 Å². The van der Waals surface area contributed by atoms with Crippen molar-refractivity contribution in [3.05, 3.63) is 34.0 Å².